The fourth-order valence-corrected chi connectivity index (χ4v) is 6.79. The molecule has 0 aromatic heterocycles. The first kappa shape index (κ1) is 21.7. The van der Waals surface area contributed by atoms with Crippen molar-refractivity contribution in [3.63, 3.8) is 0 Å². The van der Waals surface area contributed by atoms with Crippen molar-refractivity contribution < 1.29 is 24.0 Å². The summed E-state index contributed by atoms with van der Waals surface area (Å²) >= 11 is 0. The van der Waals surface area contributed by atoms with Gasteiger partial charge in [-0.25, -0.2) is 4.90 Å². The van der Waals surface area contributed by atoms with E-state index in [4.69, 9.17) is 4.74 Å². The highest BCUT2D eigenvalue weighted by Crippen LogP contribution is 2.61. The maximum absolute atomic E-state index is 14.1. The van der Waals surface area contributed by atoms with E-state index in [1.54, 1.807) is 0 Å². The number of hydrogen-bond donors (Lipinski definition) is 1. The second-order valence-electron chi connectivity index (χ2n) is 9.45. The molecule has 2 aromatic carbocycles. The van der Waals surface area contributed by atoms with Gasteiger partial charge in [-0.3, -0.25) is 29.4 Å². The molecule has 10 heteroatoms. The van der Waals surface area contributed by atoms with E-state index in [1.165, 1.54) is 25.3 Å². The Labute approximate surface area is 201 Å². The van der Waals surface area contributed by atoms with Crippen LogP contribution in [0.2, 0.25) is 0 Å². The van der Waals surface area contributed by atoms with E-state index >= 15 is 0 Å². The molecule has 10 nitrogen and oxygen atoms in total. The van der Waals surface area contributed by atoms with Crippen LogP contribution in [0.1, 0.15) is 30.9 Å². The van der Waals surface area contributed by atoms with E-state index in [0.29, 0.717) is 19.4 Å². The lowest BCUT2D eigenvalue weighted by molar-refractivity contribution is -0.384. The molecular weight excluding hydrogens is 452 g/mol. The largest absolute Gasteiger partial charge is 0.495 e. The molecule has 1 spiro atoms. The van der Waals surface area contributed by atoms with Gasteiger partial charge in [0.2, 0.25) is 17.7 Å². The fourth-order valence-electron chi connectivity index (χ4n) is 6.79. The maximum atomic E-state index is 14.1. The first-order chi connectivity index (χ1) is 16.9. The Morgan fingerprint density at radius 2 is 2.00 bits per heavy atom. The minimum Gasteiger partial charge on any atom is -0.495 e. The van der Waals surface area contributed by atoms with Crippen molar-refractivity contribution in [3.8, 4) is 5.75 Å². The third-order valence-corrected chi connectivity index (χ3v) is 8.11. The van der Waals surface area contributed by atoms with Gasteiger partial charge in [-0.05, 0) is 37.4 Å². The molecule has 0 saturated carbocycles. The number of non-ortho nitro benzene ring substituents is 1. The van der Waals surface area contributed by atoms with Gasteiger partial charge >= 0.3 is 0 Å². The number of rotatable bonds is 4. The van der Waals surface area contributed by atoms with Crippen LogP contribution in [0.25, 0.3) is 0 Å². The van der Waals surface area contributed by atoms with E-state index < -0.39 is 34.1 Å². The van der Waals surface area contributed by atoms with Gasteiger partial charge in [0.25, 0.3) is 5.69 Å². The summed E-state index contributed by atoms with van der Waals surface area (Å²) in [4.78, 5) is 55.8. The summed E-state index contributed by atoms with van der Waals surface area (Å²) < 4.78 is 5.36. The van der Waals surface area contributed by atoms with Crippen LogP contribution in [-0.2, 0) is 26.3 Å². The summed E-state index contributed by atoms with van der Waals surface area (Å²) in [7, 11) is 1.38. The van der Waals surface area contributed by atoms with Gasteiger partial charge < -0.3 is 10.1 Å². The first-order valence-corrected chi connectivity index (χ1v) is 11.8. The Bertz CT molecular complexity index is 1330. The number of anilines is 2. The van der Waals surface area contributed by atoms with Crippen LogP contribution in [0.5, 0.6) is 5.75 Å². The summed E-state index contributed by atoms with van der Waals surface area (Å²) in [5, 5.41) is 14.5. The molecule has 0 bridgehead atoms. The van der Waals surface area contributed by atoms with Crippen molar-refractivity contribution >= 4 is 34.8 Å². The highest BCUT2D eigenvalue weighted by molar-refractivity contribution is 6.26. The number of nitro benzene ring substituents is 1. The number of aryl methyl sites for hydroxylation is 1. The number of hydrogen-bond acceptors (Lipinski definition) is 7. The fraction of sp³-hybridized carbons (Fsp3) is 0.400. The van der Waals surface area contributed by atoms with E-state index in [0.717, 1.165) is 28.1 Å². The van der Waals surface area contributed by atoms with E-state index in [1.807, 2.05) is 25.1 Å². The molecule has 4 aliphatic rings. The minimum absolute atomic E-state index is 0.0340. The van der Waals surface area contributed by atoms with Gasteiger partial charge in [-0.2, -0.15) is 0 Å². The van der Waals surface area contributed by atoms with Crippen molar-refractivity contribution in [1.82, 2.24) is 4.90 Å². The van der Waals surface area contributed by atoms with Crippen LogP contribution in [0.15, 0.2) is 36.4 Å². The number of para-hydroxylation sites is 1. The Hall–Kier alpha value is -3.79. The maximum Gasteiger partial charge on any atom is 0.271 e. The smallest absolute Gasteiger partial charge is 0.271 e. The number of nitrogens with one attached hydrogen (secondary N) is 1. The number of carbonyl (C=O) groups excluding carboxylic acids is 3. The number of nitro groups is 1. The van der Waals surface area contributed by atoms with Crippen LogP contribution < -0.4 is 15.0 Å². The highest BCUT2D eigenvalue weighted by atomic mass is 16.6. The average molecular weight is 476 g/mol. The second-order valence-corrected chi connectivity index (χ2v) is 9.45. The van der Waals surface area contributed by atoms with Crippen molar-refractivity contribution in [2.45, 2.75) is 37.8 Å². The zero-order chi connectivity index (χ0) is 24.6. The lowest BCUT2D eigenvalue weighted by atomic mass is 9.75. The molecule has 3 fully saturated rings. The third-order valence-electron chi connectivity index (χ3n) is 8.11. The highest BCUT2D eigenvalue weighted by Gasteiger charge is 2.74. The molecular formula is C25H24N4O6. The SMILES string of the molecule is CCc1cccc2c1NC(=O)[C@@]21[C@@H]2C(=O)N(c3cc([N+](=O)[O-])ccc3OC)C(=O)[C@@H]2[C@@H]2CCCN21. The minimum atomic E-state index is -1.29. The molecule has 2 aromatic rings. The van der Waals surface area contributed by atoms with Gasteiger partial charge in [0, 0.05) is 29.4 Å². The van der Waals surface area contributed by atoms with Gasteiger partial charge in [-0.1, -0.05) is 25.1 Å². The molecule has 4 atom stereocenters. The molecule has 0 aliphatic carbocycles. The van der Waals surface area contributed by atoms with E-state index in [-0.39, 0.29) is 29.1 Å². The zero-order valence-corrected chi connectivity index (χ0v) is 19.3. The van der Waals surface area contributed by atoms with Crippen LogP contribution in [0.3, 0.4) is 0 Å². The van der Waals surface area contributed by atoms with Crippen LogP contribution in [-0.4, -0.2) is 47.2 Å². The standard InChI is InChI=1S/C25H24N4O6/c1-3-13-6-4-7-15-21(13)26-24(32)25(15)20-19(16-8-5-11-27(16)25)22(30)28(23(20)31)17-12-14(29(33)34)9-10-18(17)35-2/h4,6-7,9-10,12,16,19-20H,3,5,8,11H2,1-2H3,(H,26,32)/t16-,19+,20-,25-/m0/s1. The predicted octanol–water partition coefficient (Wildman–Crippen LogP) is 2.60. The topological polar surface area (TPSA) is 122 Å². The van der Waals surface area contributed by atoms with Gasteiger partial charge in [0.15, 0.2) is 0 Å². The van der Waals surface area contributed by atoms with E-state index in [2.05, 4.69) is 10.2 Å². The monoisotopic (exact) mass is 476 g/mol. The number of benzene rings is 2. The number of amides is 3. The summed E-state index contributed by atoms with van der Waals surface area (Å²) in [6, 6.07) is 9.28. The van der Waals surface area contributed by atoms with Crippen LogP contribution in [0.4, 0.5) is 17.1 Å². The van der Waals surface area contributed by atoms with Crippen LogP contribution in [0, 0.1) is 22.0 Å². The Balaban J connectivity index is 1.55. The number of fused-ring (bicyclic) bond motifs is 7. The van der Waals surface area contributed by atoms with Crippen molar-refractivity contribution in [1.29, 1.82) is 0 Å². The molecule has 3 saturated heterocycles. The molecule has 4 heterocycles. The molecule has 1 N–H and O–H groups in total. The molecule has 0 radical (unpaired) electrons. The summed E-state index contributed by atoms with van der Waals surface area (Å²) in [6.45, 7) is 2.62. The van der Waals surface area contributed by atoms with Crippen molar-refractivity contribution in [2.24, 2.45) is 11.8 Å². The summed E-state index contributed by atoms with van der Waals surface area (Å²) in [5.74, 6) is -2.74. The van der Waals surface area contributed by atoms with Crippen molar-refractivity contribution in [3.05, 3.63) is 57.6 Å². The van der Waals surface area contributed by atoms with Gasteiger partial charge in [-0.15, -0.1) is 0 Å². The van der Waals surface area contributed by atoms with Crippen molar-refractivity contribution in [2.75, 3.05) is 23.9 Å². The third kappa shape index (κ3) is 2.54. The normalized spacial score (nSPS) is 28.9. The van der Waals surface area contributed by atoms with Gasteiger partial charge in [0.05, 0.1) is 23.9 Å². The summed E-state index contributed by atoms with van der Waals surface area (Å²) in [6.07, 6.45) is 2.21. The van der Waals surface area contributed by atoms with E-state index in [9.17, 15) is 24.5 Å². The second kappa shape index (κ2) is 7.35. The lowest BCUT2D eigenvalue weighted by Gasteiger charge is -2.36. The molecule has 3 amide bonds. The number of methoxy groups -OCH3 is 1. The van der Waals surface area contributed by atoms with Gasteiger partial charge in [0.1, 0.15) is 17.0 Å². The van der Waals surface area contributed by atoms with Crippen LogP contribution >= 0.6 is 0 Å². The summed E-state index contributed by atoms with van der Waals surface area (Å²) in [5.41, 5.74) is 0.912. The Kier molecular flexibility index (Phi) is 4.56. The number of nitrogens with zero attached hydrogens (tertiary/aromatic N) is 3. The quantitative estimate of drug-likeness (QED) is 0.409. The molecule has 4 aliphatic heterocycles. The zero-order valence-electron chi connectivity index (χ0n) is 19.3. The number of ether oxygens (including phenoxy) is 1. The first-order valence-electron chi connectivity index (χ1n) is 11.8. The lowest BCUT2D eigenvalue weighted by Crippen LogP contribution is -2.54. The number of imide groups is 1. The average Bonchev–Trinajstić information content (AvgIpc) is 3.56. The Morgan fingerprint density at radius 1 is 1.20 bits per heavy atom. The Morgan fingerprint density at radius 3 is 2.71 bits per heavy atom. The molecule has 35 heavy (non-hydrogen) atoms. The molecule has 0 unspecified atom stereocenters. The number of carbonyl (C=O) groups is 3. The molecule has 6 rings (SSSR count). The molecule has 180 valence electrons. The predicted molar refractivity (Wildman–Crippen MR) is 125 cm³/mol.